The van der Waals surface area contributed by atoms with Crippen LogP contribution in [0.4, 0.5) is 0 Å². The van der Waals surface area contributed by atoms with E-state index in [4.69, 9.17) is 10.9 Å². The first-order valence-electron chi connectivity index (χ1n) is 6.13. The van der Waals surface area contributed by atoms with Gasteiger partial charge in [-0.15, -0.1) is 0 Å². The Morgan fingerprint density at radius 2 is 2.28 bits per heavy atom. The molecule has 1 aromatic heterocycles. The van der Waals surface area contributed by atoms with Crippen LogP contribution in [0.15, 0.2) is 22.0 Å². The van der Waals surface area contributed by atoms with Gasteiger partial charge in [-0.1, -0.05) is 19.0 Å². The molecule has 0 spiro atoms. The van der Waals surface area contributed by atoms with Crippen molar-refractivity contribution in [2.45, 2.75) is 33.2 Å². The molecule has 0 amide bonds. The van der Waals surface area contributed by atoms with Crippen molar-refractivity contribution >= 4 is 17.2 Å². The van der Waals surface area contributed by atoms with E-state index in [1.165, 1.54) is 5.56 Å². The zero-order valence-electron chi connectivity index (χ0n) is 11.4. The summed E-state index contributed by atoms with van der Waals surface area (Å²) >= 11 is 1.73. The summed E-state index contributed by atoms with van der Waals surface area (Å²) in [7, 11) is 2.12. The minimum atomic E-state index is -0.238. The molecule has 0 unspecified atom stereocenters. The number of oxime groups is 1. The molecule has 4 nitrogen and oxygen atoms in total. The predicted molar refractivity (Wildman–Crippen MR) is 77.1 cm³/mol. The first kappa shape index (κ1) is 15.0. The van der Waals surface area contributed by atoms with Gasteiger partial charge in [0, 0.05) is 12.0 Å². The smallest absolute Gasteiger partial charge is 0.144 e. The van der Waals surface area contributed by atoms with Crippen LogP contribution < -0.4 is 5.73 Å². The molecular formula is C13H23N3OS. The molecule has 0 aromatic carbocycles. The van der Waals surface area contributed by atoms with Crippen molar-refractivity contribution in [2.24, 2.45) is 16.3 Å². The first-order valence-corrected chi connectivity index (χ1v) is 7.07. The highest BCUT2D eigenvalue weighted by atomic mass is 32.1. The number of rotatable bonds is 7. The number of hydrogen-bond acceptors (Lipinski definition) is 4. The van der Waals surface area contributed by atoms with Gasteiger partial charge in [0.15, 0.2) is 0 Å². The second kappa shape index (κ2) is 6.75. The second-order valence-electron chi connectivity index (χ2n) is 5.34. The summed E-state index contributed by atoms with van der Waals surface area (Å²) in [5.41, 5.74) is 6.79. The van der Waals surface area contributed by atoms with Gasteiger partial charge in [0.05, 0.1) is 0 Å². The molecule has 0 radical (unpaired) electrons. The summed E-state index contributed by atoms with van der Waals surface area (Å²) in [6.45, 7) is 5.99. The second-order valence-corrected chi connectivity index (χ2v) is 6.12. The minimum Gasteiger partial charge on any atom is -0.409 e. The van der Waals surface area contributed by atoms with Crippen molar-refractivity contribution in [3.05, 3.63) is 22.4 Å². The van der Waals surface area contributed by atoms with Gasteiger partial charge in [0.2, 0.25) is 0 Å². The molecule has 0 atom stereocenters. The maximum Gasteiger partial charge on any atom is 0.144 e. The third kappa shape index (κ3) is 4.66. The number of thiophene rings is 1. The van der Waals surface area contributed by atoms with Crippen LogP contribution in [0.2, 0.25) is 0 Å². The Balaban J connectivity index is 2.29. The van der Waals surface area contributed by atoms with Crippen LogP contribution in [-0.4, -0.2) is 29.5 Å². The van der Waals surface area contributed by atoms with Crippen molar-refractivity contribution in [1.29, 1.82) is 0 Å². The van der Waals surface area contributed by atoms with E-state index < -0.39 is 0 Å². The van der Waals surface area contributed by atoms with Gasteiger partial charge >= 0.3 is 0 Å². The van der Waals surface area contributed by atoms with E-state index in [1.54, 1.807) is 11.3 Å². The molecule has 18 heavy (non-hydrogen) atoms. The monoisotopic (exact) mass is 269 g/mol. The highest BCUT2D eigenvalue weighted by Crippen LogP contribution is 2.22. The number of nitrogens with two attached hydrogens (primary N) is 1. The minimum absolute atomic E-state index is 0.238. The fourth-order valence-electron chi connectivity index (χ4n) is 1.83. The Hall–Kier alpha value is -1.07. The molecule has 0 aliphatic carbocycles. The van der Waals surface area contributed by atoms with Gasteiger partial charge in [-0.25, -0.2) is 0 Å². The zero-order chi connectivity index (χ0) is 13.6. The lowest BCUT2D eigenvalue weighted by atomic mass is 9.86. The molecule has 0 aliphatic rings. The van der Waals surface area contributed by atoms with Gasteiger partial charge in [0.1, 0.15) is 5.84 Å². The zero-order valence-corrected chi connectivity index (χ0v) is 12.2. The largest absolute Gasteiger partial charge is 0.409 e. The summed E-state index contributed by atoms with van der Waals surface area (Å²) in [6, 6.07) is 2.15. The average Bonchev–Trinajstić information content (AvgIpc) is 2.80. The molecule has 5 heteroatoms. The van der Waals surface area contributed by atoms with Crippen molar-refractivity contribution in [3.8, 4) is 0 Å². The maximum absolute atomic E-state index is 8.70. The number of hydrogen-bond donors (Lipinski definition) is 2. The topological polar surface area (TPSA) is 61.8 Å². The number of nitrogens with zero attached hydrogens (tertiary/aromatic N) is 2. The Morgan fingerprint density at radius 1 is 1.56 bits per heavy atom. The van der Waals surface area contributed by atoms with Crippen molar-refractivity contribution in [3.63, 3.8) is 0 Å². The molecule has 0 fully saturated rings. The van der Waals surface area contributed by atoms with Crippen molar-refractivity contribution in [2.75, 3.05) is 13.6 Å². The Morgan fingerprint density at radius 3 is 2.83 bits per heavy atom. The molecule has 1 rings (SSSR count). The number of amidine groups is 1. The van der Waals surface area contributed by atoms with Gasteiger partial charge in [0.25, 0.3) is 0 Å². The van der Waals surface area contributed by atoms with Crippen LogP contribution in [0.1, 0.15) is 32.3 Å². The molecule has 1 aromatic rings. The van der Waals surface area contributed by atoms with E-state index in [-0.39, 0.29) is 5.41 Å². The quantitative estimate of drug-likeness (QED) is 0.346. The van der Waals surface area contributed by atoms with E-state index >= 15 is 0 Å². The Kier molecular flexibility index (Phi) is 5.62. The molecular weight excluding hydrogens is 246 g/mol. The lowest BCUT2D eigenvalue weighted by Gasteiger charge is -2.24. The van der Waals surface area contributed by atoms with Crippen LogP contribution >= 0.6 is 11.3 Å². The molecule has 3 N–H and O–H groups in total. The Labute approximate surface area is 113 Å². The van der Waals surface area contributed by atoms with Crippen LogP contribution in [0.5, 0.6) is 0 Å². The normalized spacial score (nSPS) is 13.2. The molecule has 1 heterocycles. The Bertz CT molecular complexity index is 374. The van der Waals surface area contributed by atoms with Crippen molar-refractivity contribution in [1.82, 2.24) is 4.90 Å². The predicted octanol–water partition coefficient (Wildman–Crippen LogP) is 2.73. The maximum atomic E-state index is 8.70. The molecule has 0 saturated heterocycles. The average molecular weight is 269 g/mol. The fraction of sp³-hybridized carbons (Fsp3) is 0.615. The highest BCUT2D eigenvalue weighted by molar-refractivity contribution is 7.07. The molecule has 0 bridgehead atoms. The summed E-state index contributed by atoms with van der Waals surface area (Å²) < 4.78 is 0. The van der Waals surface area contributed by atoms with Gasteiger partial charge in [-0.2, -0.15) is 11.3 Å². The first-order chi connectivity index (χ1) is 8.45. The molecule has 102 valence electrons. The van der Waals surface area contributed by atoms with Crippen LogP contribution in [0.3, 0.4) is 0 Å². The fourth-order valence-corrected chi connectivity index (χ4v) is 2.49. The standard InChI is InChI=1S/C13H23N3OS/c1-13(2,12(14)15-17)6-4-7-16(3)9-11-5-8-18-10-11/h5,8,10,17H,4,6-7,9H2,1-3H3,(H2,14,15). The van der Waals surface area contributed by atoms with E-state index in [1.807, 2.05) is 13.8 Å². The summed E-state index contributed by atoms with van der Waals surface area (Å²) in [4.78, 5) is 2.30. The molecule has 0 saturated carbocycles. The summed E-state index contributed by atoms with van der Waals surface area (Å²) in [6.07, 6.45) is 1.95. The van der Waals surface area contributed by atoms with E-state index in [9.17, 15) is 0 Å². The lowest BCUT2D eigenvalue weighted by molar-refractivity contribution is 0.287. The SMILES string of the molecule is CN(CCCC(C)(C)C(N)=NO)Cc1ccsc1. The van der Waals surface area contributed by atoms with E-state index in [0.717, 1.165) is 25.9 Å². The third-order valence-corrected chi connectivity index (χ3v) is 3.91. The van der Waals surface area contributed by atoms with Gasteiger partial charge in [-0.05, 0) is 48.8 Å². The van der Waals surface area contributed by atoms with E-state index in [0.29, 0.717) is 5.84 Å². The van der Waals surface area contributed by atoms with E-state index in [2.05, 4.69) is 33.9 Å². The van der Waals surface area contributed by atoms with Crippen LogP contribution in [0.25, 0.3) is 0 Å². The van der Waals surface area contributed by atoms with Gasteiger partial charge < -0.3 is 15.8 Å². The molecule has 0 aliphatic heterocycles. The van der Waals surface area contributed by atoms with Crippen LogP contribution in [-0.2, 0) is 6.54 Å². The highest BCUT2D eigenvalue weighted by Gasteiger charge is 2.22. The lowest BCUT2D eigenvalue weighted by Crippen LogP contribution is -2.32. The summed E-state index contributed by atoms with van der Waals surface area (Å²) in [5.74, 6) is 0.308. The van der Waals surface area contributed by atoms with Crippen LogP contribution in [0, 0.1) is 5.41 Å². The third-order valence-electron chi connectivity index (χ3n) is 3.18. The summed E-state index contributed by atoms with van der Waals surface area (Å²) in [5, 5.41) is 16.1. The van der Waals surface area contributed by atoms with Gasteiger partial charge in [-0.3, -0.25) is 0 Å². The van der Waals surface area contributed by atoms with Crippen molar-refractivity contribution < 1.29 is 5.21 Å².